The molecule has 3 heterocycles. The summed E-state index contributed by atoms with van der Waals surface area (Å²) in [5.74, 6) is 0.896. The summed E-state index contributed by atoms with van der Waals surface area (Å²) in [5.41, 5.74) is 1.91. The van der Waals surface area contributed by atoms with Gasteiger partial charge >= 0.3 is 0 Å². The van der Waals surface area contributed by atoms with Crippen LogP contribution in [0.1, 0.15) is 19.3 Å². The molecule has 4 rings (SSSR count). The molecular weight excluding hydrogens is 224 g/mol. The number of aromatic nitrogens is 2. The summed E-state index contributed by atoms with van der Waals surface area (Å²) in [6.45, 7) is 0. The standard InChI is InChI=1S/C14H16N4/c1-2-4-11-10(3-1)15-8-14(17-11)18-13-7-9-5-6-12(13)16-9/h1-4,8-9,12-13,16H,5-7H2,(H,17,18). The Kier molecular flexibility index (Phi) is 2.23. The van der Waals surface area contributed by atoms with E-state index in [4.69, 9.17) is 0 Å². The van der Waals surface area contributed by atoms with Crippen molar-refractivity contribution in [3.05, 3.63) is 30.5 Å². The molecule has 18 heavy (non-hydrogen) atoms. The maximum absolute atomic E-state index is 4.62. The Bertz CT molecular complexity index is 583. The van der Waals surface area contributed by atoms with Gasteiger partial charge in [-0.05, 0) is 31.4 Å². The van der Waals surface area contributed by atoms with Crippen LogP contribution in [0, 0.1) is 0 Å². The van der Waals surface area contributed by atoms with E-state index in [0.29, 0.717) is 18.1 Å². The van der Waals surface area contributed by atoms with E-state index in [0.717, 1.165) is 16.9 Å². The van der Waals surface area contributed by atoms with Crippen LogP contribution >= 0.6 is 0 Å². The number of fused-ring (bicyclic) bond motifs is 3. The van der Waals surface area contributed by atoms with Gasteiger partial charge in [-0.15, -0.1) is 0 Å². The van der Waals surface area contributed by atoms with E-state index in [1.165, 1.54) is 19.3 Å². The Labute approximate surface area is 106 Å². The molecule has 3 unspecified atom stereocenters. The first-order valence-electron chi connectivity index (χ1n) is 6.63. The third-order valence-corrected chi connectivity index (χ3v) is 4.08. The topological polar surface area (TPSA) is 49.8 Å². The van der Waals surface area contributed by atoms with Crippen LogP contribution in [-0.2, 0) is 0 Å². The molecule has 1 aromatic carbocycles. The minimum absolute atomic E-state index is 0.513. The number of hydrogen-bond acceptors (Lipinski definition) is 4. The lowest BCUT2D eigenvalue weighted by atomic mass is 9.95. The van der Waals surface area contributed by atoms with Gasteiger partial charge in [-0.2, -0.15) is 0 Å². The Morgan fingerprint density at radius 3 is 2.83 bits per heavy atom. The van der Waals surface area contributed by atoms with Gasteiger partial charge in [0.15, 0.2) is 0 Å². The smallest absolute Gasteiger partial charge is 0.145 e. The first-order valence-corrected chi connectivity index (χ1v) is 6.63. The summed E-state index contributed by atoms with van der Waals surface area (Å²) < 4.78 is 0. The molecule has 2 fully saturated rings. The van der Waals surface area contributed by atoms with E-state index in [1.54, 1.807) is 0 Å². The van der Waals surface area contributed by atoms with Gasteiger partial charge < -0.3 is 10.6 Å². The van der Waals surface area contributed by atoms with Crippen molar-refractivity contribution in [2.24, 2.45) is 0 Å². The number of hydrogen-bond donors (Lipinski definition) is 2. The Morgan fingerprint density at radius 1 is 1.17 bits per heavy atom. The SMILES string of the molecule is c1ccc2nc(NC3CC4CCC3N4)cnc2c1. The summed E-state index contributed by atoms with van der Waals surface area (Å²) in [6.07, 6.45) is 5.66. The van der Waals surface area contributed by atoms with Gasteiger partial charge in [0, 0.05) is 18.1 Å². The molecule has 2 aliphatic rings. The third-order valence-electron chi connectivity index (χ3n) is 4.08. The molecule has 1 aromatic heterocycles. The Hall–Kier alpha value is -1.68. The summed E-state index contributed by atoms with van der Waals surface area (Å²) in [5, 5.41) is 7.15. The van der Waals surface area contributed by atoms with Gasteiger partial charge in [-0.25, -0.2) is 4.98 Å². The van der Waals surface area contributed by atoms with E-state index >= 15 is 0 Å². The second kappa shape index (κ2) is 3.92. The van der Waals surface area contributed by atoms with Gasteiger partial charge in [0.2, 0.25) is 0 Å². The van der Waals surface area contributed by atoms with E-state index in [2.05, 4.69) is 20.6 Å². The average molecular weight is 240 g/mol. The molecule has 0 spiro atoms. The second-order valence-corrected chi connectivity index (χ2v) is 5.28. The summed E-state index contributed by atoms with van der Waals surface area (Å²) in [6, 6.07) is 9.82. The van der Waals surface area contributed by atoms with Crippen LogP contribution in [0.15, 0.2) is 30.5 Å². The third kappa shape index (κ3) is 1.64. The van der Waals surface area contributed by atoms with Crippen LogP contribution in [0.25, 0.3) is 11.0 Å². The molecule has 2 bridgehead atoms. The molecule has 4 heteroatoms. The number of nitrogens with zero attached hydrogens (tertiary/aromatic N) is 2. The predicted octanol–water partition coefficient (Wildman–Crippen LogP) is 1.93. The fourth-order valence-corrected chi connectivity index (χ4v) is 3.20. The fraction of sp³-hybridized carbons (Fsp3) is 0.429. The first kappa shape index (κ1) is 10.3. The number of rotatable bonds is 2. The maximum Gasteiger partial charge on any atom is 0.145 e. The molecule has 0 aliphatic carbocycles. The Morgan fingerprint density at radius 2 is 2.06 bits per heavy atom. The average Bonchev–Trinajstić information content (AvgIpc) is 3.01. The zero-order valence-corrected chi connectivity index (χ0v) is 10.1. The van der Waals surface area contributed by atoms with Crippen LogP contribution < -0.4 is 10.6 Å². The van der Waals surface area contributed by atoms with E-state index < -0.39 is 0 Å². The molecular formula is C14H16N4. The molecule has 3 atom stereocenters. The molecule has 2 saturated heterocycles. The van der Waals surface area contributed by atoms with Crippen molar-refractivity contribution < 1.29 is 0 Å². The summed E-state index contributed by atoms with van der Waals surface area (Å²) >= 11 is 0. The van der Waals surface area contributed by atoms with Gasteiger partial charge in [0.1, 0.15) is 5.82 Å². The molecule has 0 amide bonds. The van der Waals surface area contributed by atoms with Crippen LogP contribution in [0.4, 0.5) is 5.82 Å². The minimum Gasteiger partial charge on any atom is -0.364 e. The predicted molar refractivity (Wildman–Crippen MR) is 71.5 cm³/mol. The lowest BCUT2D eigenvalue weighted by Gasteiger charge is -2.21. The number of anilines is 1. The van der Waals surface area contributed by atoms with E-state index in [1.807, 2.05) is 30.5 Å². The number of nitrogens with one attached hydrogen (secondary N) is 2. The lowest BCUT2D eigenvalue weighted by molar-refractivity contribution is 0.526. The van der Waals surface area contributed by atoms with Crippen LogP contribution in [-0.4, -0.2) is 28.1 Å². The van der Waals surface area contributed by atoms with Crippen molar-refractivity contribution in [2.75, 3.05) is 5.32 Å². The van der Waals surface area contributed by atoms with Gasteiger partial charge in [0.05, 0.1) is 17.2 Å². The highest BCUT2D eigenvalue weighted by Crippen LogP contribution is 2.30. The molecule has 2 N–H and O–H groups in total. The van der Waals surface area contributed by atoms with Gasteiger partial charge in [0.25, 0.3) is 0 Å². The highest BCUT2D eigenvalue weighted by atomic mass is 15.1. The normalized spacial score (nSPS) is 29.9. The largest absolute Gasteiger partial charge is 0.364 e. The van der Waals surface area contributed by atoms with Crippen molar-refractivity contribution in [1.82, 2.24) is 15.3 Å². The lowest BCUT2D eigenvalue weighted by Crippen LogP contribution is -2.33. The highest BCUT2D eigenvalue weighted by molar-refractivity contribution is 5.75. The minimum atomic E-state index is 0.513. The quantitative estimate of drug-likeness (QED) is 0.842. The monoisotopic (exact) mass is 240 g/mol. The van der Waals surface area contributed by atoms with Crippen molar-refractivity contribution in [3.63, 3.8) is 0 Å². The zero-order chi connectivity index (χ0) is 11.9. The van der Waals surface area contributed by atoms with Crippen molar-refractivity contribution in [1.29, 1.82) is 0 Å². The van der Waals surface area contributed by atoms with Crippen LogP contribution in [0.3, 0.4) is 0 Å². The molecule has 0 radical (unpaired) electrons. The van der Waals surface area contributed by atoms with Crippen LogP contribution in [0.2, 0.25) is 0 Å². The maximum atomic E-state index is 4.62. The van der Waals surface area contributed by atoms with Gasteiger partial charge in [-0.3, -0.25) is 4.98 Å². The van der Waals surface area contributed by atoms with Gasteiger partial charge in [-0.1, -0.05) is 12.1 Å². The fourth-order valence-electron chi connectivity index (χ4n) is 3.20. The van der Waals surface area contributed by atoms with Crippen molar-refractivity contribution in [3.8, 4) is 0 Å². The zero-order valence-electron chi connectivity index (χ0n) is 10.1. The first-order chi connectivity index (χ1) is 8.88. The molecule has 92 valence electrons. The molecule has 0 saturated carbocycles. The van der Waals surface area contributed by atoms with Crippen molar-refractivity contribution >= 4 is 16.9 Å². The van der Waals surface area contributed by atoms with E-state index in [9.17, 15) is 0 Å². The molecule has 2 aromatic rings. The molecule has 2 aliphatic heterocycles. The molecule has 4 nitrogen and oxygen atoms in total. The number of para-hydroxylation sites is 2. The number of benzene rings is 1. The Balaban J connectivity index is 1.59. The second-order valence-electron chi connectivity index (χ2n) is 5.28. The van der Waals surface area contributed by atoms with Crippen LogP contribution in [0.5, 0.6) is 0 Å². The highest BCUT2D eigenvalue weighted by Gasteiger charge is 2.39. The van der Waals surface area contributed by atoms with E-state index in [-0.39, 0.29) is 0 Å². The summed E-state index contributed by atoms with van der Waals surface area (Å²) in [7, 11) is 0. The summed E-state index contributed by atoms with van der Waals surface area (Å²) in [4.78, 5) is 9.06. The van der Waals surface area contributed by atoms with Crippen molar-refractivity contribution in [2.45, 2.75) is 37.4 Å².